The first kappa shape index (κ1) is 12.5. The van der Waals surface area contributed by atoms with Crippen molar-refractivity contribution in [3.63, 3.8) is 0 Å². The van der Waals surface area contributed by atoms with Gasteiger partial charge in [0.25, 0.3) is 0 Å². The molecule has 15 heavy (non-hydrogen) atoms. The van der Waals surface area contributed by atoms with Crippen LogP contribution in [-0.4, -0.2) is 22.4 Å². The fourth-order valence-electron chi connectivity index (χ4n) is 3.14. The van der Waals surface area contributed by atoms with E-state index >= 15 is 0 Å². The molecular formula is C13H25NO. The van der Waals surface area contributed by atoms with Crippen LogP contribution < -0.4 is 0 Å². The Bertz CT molecular complexity index is 231. The van der Waals surface area contributed by atoms with Crippen molar-refractivity contribution in [1.82, 2.24) is 4.90 Å². The quantitative estimate of drug-likeness (QED) is 0.702. The summed E-state index contributed by atoms with van der Waals surface area (Å²) >= 11 is 0. The van der Waals surface area contributed by atoms with Gasteiger partial charge in [-0.15, -0.1) is 0 Å². The number of carbonyl (C=O) groups is 1. The van der Waals surface area contributed by atoms with Crippen molar-refractivity contribution in [3.05, 3.63) is 0 Å². The first-order valence-electron chi connectivity index (χ1n) is 6.24. The third-order valence-electron chi connectivity index (χ3n) is 3.97. The van der Waals surface area contributed by atoms with Crippen LogP contribution in [0.5, 0.6) is 0 Å². The highest BCUT2D eigenvalue weighted by molar-refractivity contribution is 5.75. The van der Waals surface area contributed by atoms with Gasteiger partial charge in [-0.05, 0) is 32.6 Å². The highest BCUT2D eigenvalue weighted by Gasteiger charge is 2.43. The van der Waals surface area contributed by atoms with E-state index in [4.69, 9.17) is 0 Å². The molecule has 1 rings (SSSR count). The van der Waals surface area contributed by atoms with Gasteiger partial charge >= 0.3 is 0 Å². The zero-order valence-electron chi connectivity index (χ0n) is 10.8. The van der Waals surface area contributed by atoms with Crippen LogP contribution in [0.4, 0.5) is 0 Å². The van der Waals surface area contributed by atoms with Crippen LogP contribution in [0.2, 0.25) is 0 Å². The van der Waals surface area contributed by atoms with Crippen LogP contribution >= 0.6 is 0 Å². The molecule has 0 N–H and O–H groups in total. The number of amides is 1. The minimum absolute atomic E-state index is 0.0685. The molecule has 0 aromatic rings. The number of nitrogens with zero attached hydrogens (tertiary/aromatic N) is 1. The molecule has 0 radical (unpaired) electrons. The van der Waals surface area contributed by atoms with Gasteiger partial charge < -0.3 is 4.90 Å². The van der Waals surface area contributed by atoms with Crippen molar-refractivity contribution in [2.45, 2.75) is 71.9 Å². The Balaban J connectivity index is 2.86. The number of carbonyl (C=O) groups excluding carboxylic acids is 1. The second-order valence-corrected chi connectivity index (χ2v) is 5.38. The molecule has 2 heteroatoms. The summed E-state index contributed by atoms with van der Waals surface area (Å²) in [5.41, 5.74) is 0.0685. The summed E-state index contributed by atoms with van der Waals surface area (Å²) in [6, 6.07) is 0.479. The van der Waals surface area contributed by atoms with Gasteiger partial charge in [0.1, 0.15) is 0 Å². The molecular weight excluding hydrogens is 186 g/mol. The van der Waals surface area contributed by atoms with Crippen LogP contribution in [0.1, 0.15) is 60.3 Å². The second kappa shape index (κ2) is 4.54. The van der Waals surface area contributed by atoms with Gasteiger partial charge in [0.2, 0.25) is 5.91 Å². The molecule has 0 spiro atoms. The molecule has 1 saturated heterocycles. The highest BCUT2D eigenvalue weighted by atomic mass is 16.2. The maximum absolute atomic E-state index is 11.7. The molecule has 1 aliphatic rings. The van der Waals surface area contributed by atoms with Gasteiger partial charge in [0.05, 0.1) is 0 Å². The van der Waals surface area contributed by atoms with Crippen molar-refractivity contribution < 1.29 is 4.79 Å². The Kier molecular flexibility index (Phi) is 3.80. The largest absolute Gasteiger partial charge is 0.335 e. The Hall–Kier alpha value is -0.530. The van der Waals surface area contributed by atoms with Crippen LogP contribution in [0, 0.1) is 5.92 Å². The minimum atomic E-state index is 0.0685. The lowest BCUT2D eigenvalue weighted by Crippen LogP contribution is -2.48. The van der Waals surface area contributed by atoms with E-state index in [2.05, 4.69) is 32.6 Å². The average Bonchev–Trinajstić information content (AvgIpc) is 2.44. The lowest BCUT2D eigenvalue weighted by Gasteiger charge is -2.38. The number of likely N-dealkylation sites (tertiary alicyclic amines) is 1. The van der Waals surface area contributed by atoms with Crippen LogP contribution in [0.15, 0.2) is 0 Å². The SMILES string of the molecule is CCC(CC)C1CCC(C)(C)N1C(C)=O. The van der Waals surface area contributed by atoms with E-state index in [1.165, 1.54) is 19.3 Å². The van der Waals surface area contributed by atoms with Gasteiger partial charge in [-0.3, -0.25) is 4.79 Å². The molecule has 88 valence electrons. The summed E-state index contributed by atoms with van der Waals surface area (Å²) in [5.74, 6) is 0.921. The summed E-state index contributed by atoms with van der Waals surface area (Å²) in [7, 11) is 0. The second-order valence-electron chi connectivity index (χ2n) is 5.38. The Morgan fingerprint density at radius 2 is 1.93 bits per heavy atom. The van der Waals surface area contributed by atoms with Crippen LogP contribution in [-0.2, 0) is 4.79 Å². The van der Waals surface area contributed by atoms with E-state index in [1.807, 2.05) is 0 Å². The molecule has 1 atom stereocenters. The van der Waals surface area contributed by atoms with Gasteiger partial charge in [-0.1, -0.05) is 26.7 Å². The number of rotatable bonds is 3. The fraction of sp³-hybridized carbons (Fsp3) is 0.923. The molecule has 1 heterocycles. The third kappa shape index (κ3) is 2.35. The first-order chi connectivity index (χ1) is 6.94. The predicted octanol–water partition coefficient (Wildman–Crippen LogP) is 3.21. The summed E-state index contributed by atoms with van der Waals surface area (Å²) in [5, 5.41) is 0. The molecule has 0 aliphatic carbocycles. The highest BCUT2D eigenvalue weighted by Crippen LogP contribution is 2.38. The zero-order chi connectivity index (χ0) is 11.6. The minimum Gasteiger partial charge on any atom is -0.335 e. The molecule has 1 unspecified atom stereocenters. The molecule has 1 aliphatic heterocycles. The van der Waals surface area contributed by atoms with Crippen molar-refractivity contribution in [2.75, 3.05) is 0 Å². The summed E-state index contributed by atoms with van der Waals surface area (Å²) in [4.78, 5) is 13.9. The van der Waals surface area contributed by atoms with E-state index < -0.39 is 0 Å². The molecule has 0 aromatic heterocycles. The summed E-state index contributed by atoms with van der Waals surface area (Å²) in [6.07, 6.45) is 4.69. The van der Waals surface area contributed by atoms with E-state index in [0.29, 0.717) is 12.0 Å². The standard InChI is InChI=1S/C13H25NO/c1-6-11(7-2)12-8-9-13(4,5)14(12)10(3)15/h11-12H,6-9H2,1-5H3. The fourth-order valence-corrected chi connectivity index (χ4v) is 3.14. The zero-order valence-corrected chi connectivity index (χ0v) is 10.8. The van der Waals surface area contributed by atoms with E-state index in [1.54, 1.807) is 6.92 Å². The molecule has 2 nitrogen and oxygen atoms in total. The maximum Gasteiger partial charge on any atom is 0.220 e. The van der Waals surface area contributed by atoms with Crippen molar-refractivity contribution >= 4 is 5.91 Å². The van der Waals surface area contributed by atoms with Crippen molar-refractivity contribution in [3.8, 4) is 0 Å². The van der Waals surface area contributed by atoms with E-state index in [0.717, 1.165) is 6.42 Å². The number of hydrogen-bond donors (Lipinski definition) is 0. The van der Waals surface area contributed by atoms with Gasteiger partial charge in [0, 0.05) is 18.5 Å². The van der Waals surface area contributed by atoms with Gasteiger partial charge in [-0.2, -0.15) is 0 Å². The average molecular weight is 211 g/mol. The number of hydrogen-bond acceptors (Lipinski definition) is 1. The molecule has 1 amide bonds. The lowest BCUT2D eigenvalue weighted by molar-refractivity contribution is -0.135. The van der Waals surface area contributed by atoms with E-state index in [-0.39, 0.29) is 11.4 Å². The lowest BCUT2D eigenvalue weighted by atomic mass is 9.92. The van der Waals surface area contributed by atoms with Crippen LogP contribution in [0.25, 0.3) is 0 Å². The Labute approximate surface area is 94.0 Å². The molecule has 0 bridgehead atoms. The first-order valence-corrected chi connectivity index (χ1v) is 6.24. The normalized spacial score (nSPS) is 24.9. The summed E-state index contributed by atoms with van der Waals surface area (Å²) < 4.78 is 0. The van der Waals surface area contributed by atoms with Crippen molar-refractivity contribution in [1.29, 1.82) is 0 Å². The third-order valence-corrected chi connectivity index (χ3v) is 3.97. The molecule has 1 fully saturated rings. The predicted molar refractivity (Wildman–Crippen MR) is 63.7 cm³/mol. The maximum atomic E-state index is 11.7. The van der Waals surface area contributed by atoms with Gasteiger partial charge in [-0.25, -0.2) is 0 Å². The van der Waals surface area contributed by atoms with Crippen LogP contribution in [0.3, 0.4) is 0 Å². The Morgan fingerprint density at radius 3 is 2.33 bits per heavy atom. The van der Waals surface area contributed by atoms with E-state index in [9.17, 15) is 4.79 Å². The monoisotopic (exact) mass is 211 g/mol. The van der Waals surface area contributed by atoms with Crippen molar-refractivity contribution in [2.24, 2.45) is 5.92 Å². The topological polar surface area (TPSA) is 20.3 Å². The Morgan fingerprint density at radius 1 is 1.40 bits per heavy atom. The smallest absolute Gasteiger partial charge is 0.220 e. The molecule has 0 saturated carbocycles. The molecule has 0 aromatic carbocycles. The van der Waals surface area contributed by atoms with Gasteiger partial charge in [0.15, 0.2) is 0 Å². The summed E-state index contributed by atoms with van der Waals surface area (Å²) in [6.45, 7) is 10.6.